The summed E-state index contributed by atoms with van der Waals surface area (Å²) in [5.41, 5.74) is 13.7. The molecule has 0 saturated heterocycles. The number of nitrogens with one attached hydrogen (secondary N) is 1. The van der Waals surface area contributed by atoms with Gasteiger partial charge in [0.1, 0.15) is 0 Å². The molecule has 0 amide bonds. The maximum absolute atomic E-state index is 8.99. The van der Waals surface area contributed by atoms with Crippen molar-refractivity contribution in [2.45, 2.75) is 19.3 Å². The van der Waals surface area contributed by atoms with Crippen molar-refractivity contribution in [1.29, 1.82) is 5.41 Å². The molecule has 0 atom stereocenters. The van der Waals surface area contributed by atoms with Crippen LogP contribution in [0.25, 0.3) is 61.0 Å². The second-order valence-corrected chi connectivity index (χ2v) is 14.3. The first-order chi connectivity index (χ1) is 26.0. The molecule has 1 aliphatic rings. The molecular weight excluding hydrogens is 641 g/mol. The first-order valence-corrected chi connectivity index (χ1v) is 18.2. The van der Waals surface area contributed by atoms with E-state index in [0.29, 0.717) is 0 Å². The molecule has 0 unspecified atom stereocenters. The van der Waals surface area contributed by atoms with Crippen molar-refractivity contribution in [2.75, 3.05) is 0 Å². The second kappa shape index (κ2) is 13.2. The maximum atomic E-state index is 8.99. The summed E-state index contributed by atoms with van der Waals surface area (Å²) in [7, 11) is 0. The number of hydrogen-bond donors (Lipinski definition) is 1. The Morgan fingerprint density at radius 1 is 0.509 bits per heavy atom. The van der Waals surface area contributed by atoms with Crippen molar-refractivity contribution in [2.24, 2.45) is 4.99 Å². The molecule has 0 spiro atoms. The summed E-state index contributed by atoms with van der Waals surface area (Å²) < 4.78 is 0. The minimum atomic E-state index is -0.0610. The quantitative estimate of drug-likeness (QED) is 0.134. The highest BCUT2D eigenvalue weighted by atomic mass is 14.8. The van der Waals surface area contributed by atoms with Crippen LogP contribution >= 0.6 is 0 Å². The summed E-state index contributed by atoms with van der Waals surface area (Å²) in [4.78, 5) is 4.96. The fraction of sp³-hybridized carbons (Fsp3) is 0.0588. The first kappa shape index (κ1) is 32.3. The van der Waals surface area contributed by atoms with Gasteiger partial charge < -0.3 is 0 Å². The van der Waals surface area contributed by atoms with Gasteiger partial charge in [0.2, 0.25) is 0 Å². The van der Waals surface area contributed by atoms with Crippen LogP contribution in [0.3, 0.4) is 0 Å². The van der Waals surface area contributed by atoms with Crippen molar-refractivity contribution in [3.8, 4) is 33.4 Å². The van der Waals surface area contributed by atoms with E-state index in [1.807, 2.05) is 30.3 Å². The third kappa shape index (κ3) is 5.70. The van der Waals surface area contributed by atoms with Gasteiger partial charge in [0.05, 0.1) is 5.71 Å². The molecule has 0 heterocycles. The average molecular weight is 679 g/mol. The number of allylic oxidation sites excluding steroid dienone is 1. The van der Waals surface area contributed by atoms with Gasteiger partial charge in [-0.25, -0.2) is 4.99 Å². The van der Waals surface area contributed by atoms with Crippen LogP contribution in [0.5, 0.6) is 0 Å². The van der Waals surface area contributed by atoms with Gasteiger partial charge in [-0.2, -0.15) is 0 Å². The molecule has 0 radical (unpaired) electrons. The zero-order valence-electron chi connectivity index (χ0n) is 29.8. The third-order valence-corrected chi connectivity index (χ3v) is 10.8. The van der Waals surface area contributed by atoms with E-state index in [-0.39, 0.29) is 11.3 Å². The molecule has 2 nitrogen and oxygen atoms in total. The van der Waals surface area contributed by atoms with Crippen LogP contribution in [0, 0.1) is 5.41 Å². The lowest BCUT2D eigenvalue weighted by atomic mass is 9.81. The van der Waals surface area contributed by atoms with Crippen molar-refractivity contribution in [1.82, 2.24) is 0 Å². The van der Waals surface area contributed by atoms with Crippen molar-refractivity contribution in [3.63, 3.8) is 0 Å². The van der Waals surface area contributed by atoms with Crippen molar-refractivity contribution in [3.05, 3.63) is 210 Å². The minimum Gasteiger partial charge on any atom is -0.282 e. The van der Waals surface area contributed by atoms with Gasteiger partial charge in [0, 0.05) is 16.5 Å². The highest BCUT2D eigenvalue weighted by Gasteiger charge is 2.36. The molecule has 0 fully saturated rings. The molecule has 0 aromatic heterocycles. The fourth-order valence-electron chi connectivity index (χ4n) is 8.15. The Hall–Kier alpha value is -6.64. The standard InChI is InChI=1S/C51H38N2/c1-51(2)46-27-11-10-24-45(46)49-44(26-14-28-47(49)51)43-31-29-35(40-22-8-9-23-42(40)43)30-32-48(53-50(52)36-16-4-3-5-17-36)38-20-12-19-37(33-38)41-25-13-18-34-15-6-7-21-39(34)41/h3-33,52H,1-2H3/b32-30+,52-50?,53-48?. The number of benzene rings is 8. The number of nitrogens with zero attached hydrogens (tertiary/aromatic N) is 1. The Labute approximate surface area is 311 Å². The van der Waals surface area contributed by atoms with E-state index in [9.17, 15) is 0 Å². The van der Waals surface area contributed by atoms with E-state index in [1.165, 1.54) is 60.5 Å². The van der Waals surface area contributed by atoms with E-state index >= 15 is 0 Å². The van der Waals surface area contributed by atoms with E-state index < -0.39 is 0 Å². The molecule has 8 aromatic carbocycles. The van der Waals surface area contributed by atoms with Gasteiger partial charge >= 0.3 is 0 Å². The zero-order chi connectivity index (χ0) is 35.9. The average Bonchev–Trinajstić information content (AvgIpc) is 3.45. The minimum absolute atomic E-state index is 0.0610. The molecule has 9 rings (SSSR count). The van der Waals surface area contributed by atoms with Crippen LogP contribution in [-0.4, -0.2) is 11.5 Å². The normalized spacial score (nSPS) is 13.4. The summed E-state index contributed by atoms with van der Waals surface area (Å²) in [6, 6.07) is 62.0. The lowest BCUT2D eigenvalue weighted by molar-refractivity contribution is 0.660. The number of hydrogen-bond acceptors (Lipinski definition) is 1. The smallest absolute Gasteiger partial charge is 0.152 e. The Kier molecular flexibility index (Phi) is 8.01. The van der Waals surface area contributed by atoms with Gasteiger partial charge in [0.25, 0.3) is 0 Å². The van der Waals surface area contributed by atoms with Crippen LogP contribution in [0.4, 0.5) is 0 Å². The monoisotopic (exact) mass is 678 g/mol. The Morgan fingerprint density at radius 3 is 2.00 bits per heavy atom. The van der Waals surface area contributed by atoms with Gasteiger partial charge in [-0.1, -0.05) is 190 Å². The van der Waals surface area contributed by atoms with Gasteiger partial charge in [-0.3, -0.25) is 5.41 Å². The molecule has 1 aliphatic carbocycles. The highest BCUT2D eigenvalue weighted by Crippen LogP contribution is 2.52. The topological polar surface area (TPSA) is 36.2 Å². The van der Waals surface area contributed by atoms with Crippen LogP contribution in [0.1, 0.15) is 41.7 Å². The maximum Gasteiger partial charge on any atom is 0.152 e. The Bertz CT molecular complexity index is 2760. The lowest BCUT2D eigenvalue weighted by Crippen LogP contribution is -2.14. The molecule has 0 bridgehead atoms. The van der Waals surface area contributed by atoms with Gasteiger partial charge in [0.15, 0.2) is 5.84 Å². The molecule has 0 saturated carbocycles. The van der Waals surface area contributed by atoms with Crippen molar-refractivity contribution < 1.29 is 0 Å². The van der Waals surface area contributed by atoms with Crippen molar-refractivity contribution >= 4 is 39.2 Å². The predicted molar refractivity (Wildman–Crippen MR) is 225 cm³/mol. The predicted octanol–water partition coefficient (Wildman–Crippen LogP) is 13.2. The summed E-state index contributed by atoms with van der Waals surface area (Å²) in [6.07, 6.45) is 4.22. The van der Waals surface area contributed by atoms with Crippen LogP contribution in [0.2, 0.25) is 0 Å². The van der Waals surface area contributed by atoms with Crippen LogP contribution < -0.4 is 0 Å². The number of rotatable bonds is 6. The van der Waals surface area contributed by atoms with E-state index in [1.54, 1.807) is 0 Å². The van der Waals surface area contributed by atoms with E-state index in [0.717, 1.165) is 28.0 Å². The van der Waals surface area contributed by atoms with E-state index in [2.05, 4.69) is 172 Å². The number of aliphatic imine (C=N–C) groups is 1. The summed E-state index contributed by atoms with van der Waals surface area (Å²) >= 11 is 0. The van der Waals surface area contributed by atoms with Crippen LogP contribution in [-0.2, 0) is 5.41 Å². The molecule has 252 valence electrons. The SMILES string of the molecule is CC1(C)c2ccccc2-c2c(-c3ccc(/C=C/C(=NC(=N)c4ccccc4)c4cccc(-c5cccc6ccccc56)c4)c4ccccc34)cccc21. The number of amidine groups is 1. The molecule has 8 aromatic rings. The molecule has 2 heteroatoms. The third-order valence-electron chi connectivity index (χ3n) is 10.8. The lowest BCUT2D eigenvalue weighted by Gasteiger charge is -2.21. The van der Waals surface area contributed by atoms with Gasteiger partial charge in [-0.05, 0) is 83.8 Å². The van der Waals surface area contributed by atoms with Gasteiger partial charge in [-0.15, -0.1) is 0 Å². The number of fused-ring (bicyclic) bond motifs is 5. The fourth-order valence-corrected chi connectivity index (χ4v) is 8.15. The Morgan fingerprint density at radius 2 is 1.13 bits per heavy atom. The van der Waals surface area contributed by atoms with E-state index in [4.69, 9.17) is 10.4 Å². The molecule has 0 aliphatic heterocycles. The second-order valence-electron chi connectivity index (χ2n) is 14.3. The summed E-state index contributed by atoms with van der Waals surface area (Å²) in [5, 5.41) is 13.8. The first-order valence-electron chi connectivity index (χ1n) is 18.2. The Balaban J connectivity index is 1.16. The van der Waals surface area contributed by atoms with Crippen LogP contribution in [0.15, 0.2) is 187 Å². The molecular formula is C51H38N2. The zero-order valence-corrected chi connectivity index (χ0v) is 29.8. The highest BCUT2D eigenvalue weighted by molar-refractivity contribution is 6.18. The molecule has 53 heavy (non-hydrogen) atoms. The summed E-state index contributed by atoms with van der Waals surface area (Å²) in [6.45, 7) is 4.67. The summed E-state index contributed by atoms with van der Waals surface area (Å²) in [5.74, 6) is 0.224. The molecule has 1 N–H and O–H groups in total. The largest absolute Gasteiger partial charge is 0.282 e.